The van der Waals surface area contributed by atoms with Gasteiger partial charge in [-0.1, -0.05) is 18.2 Å². The third-order valence-electron chi connectivity index (χ3n) is 3.82. The van der Waals surface area contributed by atoms with Crippen molar-refractivity contribution in [1.82, 2.24) is 0 Å². The van der Waals surface area contributed by atoms with Crippen LogP contribution in [0.4, 0.5) is 5.69 Å². The lowest BCUT2D eigenvalue weighted by Gasteiger charge is -2.12. The van der Waals surface area contributed by atoms with Gasteiger partial charge in [0.2, 0.25) is 5.91 Å². The molecule has 0 saturated heterocycles. The summed E-state index contributed by atoms with van der Waals surface area (Å²) < 4.78 is 5.17. The highest BCUT2D eigenvalue weighted by Gasteiger charge is 2.19. The van der Waals surface area contributed by atoms with Gasteiger partial charge in [0.25, 0.3) is 0 Å². The molecular weight excluding hydrogens is 288 g/mol. The molecule has 0 aliphatic rings. The van der Waals surface area contributed by atoms with Crippen LogP contribution in [0.1, 0.15) is 16.7 Å². The highest BCUT2D eigenvalue weighted by molar-refractivity contribution is 5.94. The minimum atomic E-state index is -0.747. The first kappa shape index (κ1) is 16.6. The third-order valence-corrected chi connectivity index (χ3v) is 3.82. The normalized spacial score (nSPS) is 11.4. The Morgan fingerprint density at radius 2 is 2.00 bits per heavy atom. The number of nitrogens with one attached hydrogen (secondary N) is 1. The van der Waals surface area contributed by atoms with Crippen LogP contribution in [-0.2, 0) is 11.2 Å². The Balaban J connectivity index is 2.09. The largest absolute Gasteiger partial charge is 0.497 e. The van der Waals surface area contributed by atoms with Crippen molar-refractivity contribution in [2.45, 2.75) is 20.3 Å². The number of rotatable bonds is 5. The Bertz CT molecular complexity index is 747. The van der Waals surface area contributed by atoms with Crippen molar-refractivity contribution in [3.8, 4) is 11.8 Å². The maximum atomic E-state index is 12.3. The zero-order chi connectivity index (χ0) is 16.8. The van der Waals surface area contributed by atoms with Crippen LogP contribution < -0.4 is 10.1 Å². The van der Waals surface area contributed by atoms with Gasteiger partial charge in [0.05, 0.1) is 13.2 Å². The Kier molecular flexibility index (Phi) is 5.37. The number of anilines is 1. The number of hydrogen-bond donors (Lipinski definition) is 1. The Hall–Kier alpha value is -2.80. The fraction of sp³-hybridized carbons (Fsp3) is 0.263. The summed E-state index contributed by atoms with van der Waals surface area (Å²) in [6, 6.07) is 15.2. The molecule has 2 aromatic carbocycles. The van der Waals surface area contributed by atoms with Crippen LogP contribution >= 0.6 is 0 Å². The number of nitriles is 1. The summed E-state index contributed by atoms with van der Waals surface area (Å²) >= 11 is 0. The van der Waals surface area contributed by atoms with Crippen molar-refractivity contribution in [1.29, 1.82) is 5.26 Å². The number of benzene rings is 2. The summed E-state index contributed by atoms with van der Waals surface area (Å²) in [7, 11) is 1.59. The second kappa shape index (κ2) is 7.46. The predicted octanol–water partition coefficient (Wildman–Crippen LogP) is 3.63. The maximum Gasteiger partial charge on any atom is 0.242 e. The van der Waals surface area contributed by atoms with Crippen LogP contribution in [-0.4, -0.2) is 13.0 Å². The lowest BCUT2D eigenvalue weighted by atomic mass is 9.99. The van der Waals surface area contributed by atoms with Crippen LogP contribution in [0.2, 0.25) is 0 Å². The second-order valence-electron chi connectivity index (χ2n) is 5.53. The van der Waals surface area contributed by atoms with Gasteiger partial charge in [0.1, 0.15) is 11.7 Å². The van der Waals surface area contributed by atoms with Gasteiger partial charge in [-0.2, -0.15) is 5.26 Å². The maximum absolute atomic E-state index is 12.3. The van der Waals surface area contributed by atoms with Crippen molar-refractivity contribution in [2.75, 3.05) is 12.4 Å². The zero-order valence-electron chi connectivity index (χ0n) is 13.6. The third kappa shape index (κ3) is 4.33. The molecule has 2 aromatic rings. The van der Waals surface area contributed by atoms with Crippen molar-refractivity contribution in [3.05, 3.63) is 59.2 Å². The first-order valence-electron chi connectivity index (χ1n) is 7.44. The van der Waals surface area contributed by atoms with E-state index in [1.807, 2.05) is 56.3 Å². The molecule has 0 bridgehead atoms. The van der Waals surface area contributed by atoms with Gasteiger partial charge in [-0.05, 0) is 61.2 Å². The predicted molar refractivity (Wildman–Crippen MR) is 90.3 cm³/mol. The Labute approximate surface area is 136 Å². The number of methoxy groups -OCH3 is 1. The van der Waals surface area contributed by atoms with E-state index in [0.29, 0.717) is 17.9 Å². The van der Waals surface area contributed by atoms with E-state index in [4.69, 9.17) is 4.74 Å². The highest BCUT2D eigenvalue weighted by atomic mass is 16.5. The Morgan fingerprint density at radius 3 is 2.65 bits per heavy atom. The summed E-state index contributed by atoms with van der Waals surface area (Å²) in [5, 5.41) is 12.1. The van der Waals surface area contributed by atoms with Crippen molar-refractivity contribution < 1.29 is 9.53 Å². The molecule has 0 aliphatic heterocycles. The lowest BCUT2D eigenvalue weighted by molar-refractivity contribution is -0.118. The molecule has 23 heavy (non-hydrogen) atoms. The number of carbonyl (C=O) groups is 1. The fourth-order valence-corrected chi connectivity index (χ4v) is 2.28. The van der Waals surface area contributed by atoms with Gasteiger partial charge in [0, 0.05) is 5.69 Å². The van der Waals surface area contributed by atoms with Gasteiger partial charge in [-0.3, -0.25) is 4.79 Å². The van der Waals surface area contributed by atoms with Crippen LogP contribution in [0.25, 0.3) is 0 Å². The number of nitrogens with zero attached hydrogens (tertiary/aromatic N) is 1. The van der Waals surface area contributed by atoms with Gasteiger partial charge >= 0.3 is 0 Å². The molecule has 1 N–H and O–H groups in total. The first-order valence-corrected chi connectivity index (χ1v) is 7.44. The molecule has 4 nitrogen and oxygen atoms in total. The standard InChI is InChI=1S/C19H20N2O2/c1-13-7-8-17(9-14(13)2)21-19(22)16(12-20)10-15-5-4-6-18(11-15)23-3/h4-9,11,16H,10H2,1-3H3,(H,21,22)/t16-/m0/s1. The summed E-state index contributed by atoms with van der Waals surface area (Å²) in [5.74, 6) is -0.323. The quantitative estimate of drug-likeness (QED) is 0.917. The van der Waals surface area contributed by atoms with E-state index in [-0.39, 0.29) is 5.91 Å². The Morgan fingerprint density at radius 1 is 1.22 bits per heavy atom. The SMILES string of the molecule is COc1cccc(C[C@@H](C#N)C(=O)Nc2ccc(C)c(C)c2)c1. The fourth-order valence-electron chi connectivity index (χ4n) is 2.28. The lowest BCUT2D eigenvalue weighted by Crippen LogP contribution is -2.23. The second-order valence-corrected chi connectivity index (χ2v) is 5.53. The average molecular weight is 308 g/mol. The molecule has 0 spiro atoms. The highest BCUT2D eigenvalue weighted by Crippen LogP contribution is 2.18. The molecule has 0 unspecified atom stereocenters. The topological polar surface area (TPSA) is 62.1 Å². The monoisotopic (exact) mass is 308 g/mol. The molecule has 1 amide bonds. The molecule has 118 valence electrons. The van der Waals surface area contributed by atoms with Crippen molar-refractivity contribution >= 4 is 11.6 Å². The van der Waals surface area contributed by atoms with Crippen molar-refractivity contribution in [2.24, 2.45) is 5.92 Å². The molecule has 4 heteroatoms. The van der Waals surface area contributed by atoms with E-state index in [9.17, 15) is 10.1 Å². The average Bonchev–Trinajstić information content (AvgIpc) is 2.56. The smallest absolute Gasteiger partial charge is 0.242 e. The molecule has 0 heterocycles. The minimum Gasteiger partial charge on any atom is -0.497 e. The van der Waals surface area contributed by atoms with E-state index >= 15 is 0 Å². The molecule has 2 rings (SSSR count). The molecule has 0 saturated carbocycles. The summed E-state index contributed by atoms with van der Waals surface area (Å²) in [6.07, 6.45) is 0.352. The van der Waals surface area contributed by atoms with E-state index in [1.165, 1.54) is 0 Å². The van der Waals surface area contributed by atoms with Gasteiger partial charge in [-0.25, -0.2) is 0 Å². The van der Waals surface area contributed by atoms with E-state index < -0.39 is 5.92 Å². The van der Waals surface area contributed by atoms with Crippen LogP contribution in [0.5, 0.6) is 5.75 Å². The molecular formula is C19H20N2O2. The first-order chi connectivity index (χ1) is 11.0. The molecule has 1 atom stereocenters. The number of amides is 1. The van der Waals surface area contributed by atoms with Gasteiger partial charge in [0.15, 0.2) is 0 Å². The van der Waals surface area contributed by atoms with Crippen LogP contribution in [0, 0.1) is 31.1 Å². The van der Waals surface area contributed by atoms with Gasteiger partial charge in [-0.15, -0.1) is 0 Å². The molecule has 0 aromatic heterocycles. The van der Waals surface area contributed by atoms with E-state index in [0.717, 1.165) is 16.7 Å². The van der Waals surface area contributed by atoms with E-state index in [2.05, 4.69) is 11.4 Å². The van der Waals surface area contributed by atoms with Crippen LogP contribution in [0.15, 0.2) is 42.5 Å². The van der Waals surface area contributed by atoms with E-state index in [1.54, 1.807) is 7.11 Å². The molecule has 0 radical (unpaired) electrons. The molecule has 0 aliphatic carbocycles. The zero-order valence-corrected chi connectivity index (χ0v) is 13.6. The van der Waals surface area contributed by atoms with Gasteiger partial charge < -0.3 is 10.1 Å². The minimum absolute atomic E-state index is 0.293. The summed E-state index contributed by atoms with van der Waals surface area (Å²) in [6.45, 7) is 4.00. The number of aryl methyl sites for hydroxylation is 2. The van der Waals surface area contributed by atoms with Crippen molar-refractivity contribution in [3.63, 3.8) is 0 Å². The molecule has 0 fully saturated rings. The number of carbonyl (C=O) groups excluding carboxylic acids is 1. The number of hydrogen-bond acceptors (Lipinski definition) is 3. The summed E-state index contributed by atoms with van der Waals surface area (Å²) in [4.78, 5) is 12.3. The van der Waals surface area contributed by atoms with Crippen LogP contribution in [0.3, 0.4) is 0 Å². The number of ether oxygens (including phenoxy) is 1. The summed E-state index contributed by atoms with van der Waals surface area (Å²) in [5.41, 5.74) is 3.87.